The summed E-state index contributed by atoms with van der Waals surface area (Å²) in [7, 11) is 0. The van der Waals surface area contributed by atoms with Gasteiger partial charge in [0.25, 0.3) is 0 Å². The lowest BCUT2D eigenvalue weighted by Gasteiger charge is -2.25. The molecule has 0 unspecified atom stereocenters. The van der Waals surface area contributed by atoms with Gasteiger partial charge in [0, 0.05) is 0 Å². The lowest BCUT2D eigenvalue weighted by Crippen LogP contribution is -2.38. The van der Waals surface area contributed by atoms with Crippen molar-refractivity contribution in [2.45, 2.75) is 49.4 Å². The van der Waals surface area contributed by atoms with Crippen LogP contribution in [0.5, 0.6) is 0 Å². The quantitative estimate of drug-likeness (QED) is 0.106. The molecule has 3 aromatic heterocycles. The molecule has 1 saturated heterocycles. The van der Waals surface area contributed by atoms with Gasteiger partial charge in [0.2, 0.25) is 0 Å². The summed E-state index contributed by atoms with van der Waals surface area (Å²) >= 11 is 3.20. The Morgan fingerprint density at radius 2 is 1.39 bits per heavy atom. The van der Waals surface area contributed by atoms with E-state index in [1.807, 2.05) is 67.2 Å². The molecule has 0 radical (unpaired) electrons. The van der Waals surface area contributed by atoms with Crippen LogP contribution in [0.15, 0.2) is 109 Å². The molecule has 1 fully saturated rings. The first-order valence-electron chi connectivity index (χ1n) is 14.5. The van der Waals surface area contributed by atoms with Gasteiger partial charge in [-0.2, -0.15) is 0 Å². The van der Waals surface area contributed by atoms with E-state index in [4.69, 9.17) is 23.9 Å². The van der Waals surface area contributed by atoms with E-state index in [0.29, 0.717) is 26.4 Å². The molecule has 3 aromatic carbocycles. The number of hydrogen-bond donors (Lipinski definition) is 0. The number of thiophene rings is 1. The van der Waals surface area contributed by atoms with Crippen molar-refractivity contribution in [2.75, 3.05) is 12.9 Å². The minimum Gasteiger partial charge on any atom is -0.374 e. The van der Waals surface area contributed by atoms with Crippen LogP contribution in [0, 0.1) is 0 Å². The number of nitrogens with zero attached hydrogens (tertiary/aromatic N) is 4. The van der Waals surface area contributed by atoms with E-state index >= 15 is 0 Å². The van der Waals surface area contributed by atoms with Crippen LogP contribution in [-0.4, -0.2) is 50.7 Å². The molecule has 0 spiro atoms. The van der Waals surface area contributed by atoms with Gasteiger partial charge < -0.3 is 18.9 Å². The van der Waals surface area contributed by atoms with Crippen molar-refractivity contribution < 1.29 is 18.9 Å². The van der Waals surface area contributed by atoms with Gasteiger partial charge in [-0.1, -0.05) is 91.0 Å². The zero-order valence-corrected chi connectivity index (χ0v) is 25.8. The number of imidazole rings is 1. The summed E-state index contributed by atoms with van der Waals surface area (Å²) in [5.74, 6) is 0. The van der Waals surface area contributed by atoms with E-state index in [0.717, 1.165) is 42.3 Å². The van der Waals surface area contributed by atoms with Crippen molar-refractivity contribution in [3.8, 4) is 0 Å². The lowest BCUT2D eigenvalue weighted by molar-refractivity contribution is -0.0913. The molecule has 44 heavy (non-hydrogen) atoms. The molecule has 0 aliphatic carbocycles. The average molecular weight is 625 g/mol. The van der Waals surface area contributed by atoms with Crippen LogP contribution in [0.4, 0.5) is 0 Å². The molecule has 224 valence electrons. The molecule has 0 saturated carbocycles. The second kappa shape index (κ2) is 13.6. The first kappa shape index (κ1) is 29.1. The van der Waals surface area contributed by atoms with E-state index in [-0.39, 0.29) is 6.10 Å². The Morgan fingerprint density at radius 3 is 2.02 bits per heavy atom. The predicted octanol–water partition coefficient (Wildman–Crippen LogP) is 7.05. The molecule has 8 nitrogen and oxygen atoms in total. The molecule has 6 aromatic rings. The van der Waals surface area contributed by atoms with Crippen molar-refractivity contribution in [3.63, 3.8) is 0 Å². The topological polar surface area (TPSA) is 80.5 Å². The molecule has 4 atom stereocenters. The highest BCUT2D eigenvalue weighted by atomic mass is 32.2. The third kappa shape index (κ3) is 6.14. The summed E-state index contributed by atoms with van der Waals surface area (Å²) in [6, 6.07) is 30.5. The maximum atomic E-state index is 6.83. The minimum atomic E-state index is -0.514. The monoisotopic (exact) mass is 624 g/mol. The Kier molecular flexibility index (Phi) is 8.96. The van der Waals surface area contributed by atoms with Gasteiger partial charge in [0.05, 0.1) is 37.5 Å². The average Bonchev–Trinajstić information content (AvgIpc) is 3.76. The van der Waals surface area contributed by atoms with E-state index in [2.05, 4.69) is 50.9 Å². The molecule has 4 heterocycles. The largest absolute Gasteiger partial charge is 0.374 e. The van der Waals surface area contributed by atoms with Crippen LogP contribution in [0.2, 0.25) is 0 Å². The van der Waals surface area contributed by atoms with Crippen LogP contribution in [0.3, 0.4) is 0 Å². The Hall–Kier alpha value is -3.64. The number of hydrogen-bond acceptors (Lipinski definition) is 9. The molecule has 7 rings (SSSR count). The SMILES string of the molecule is CSc1ncnc2c1sc1ncn([C@@H]3O[C@H](COCc4ccccc4)[C@@H](OCc4ccccc4)[C@H]3OCc3ccccc3)c12. The fourth-order valence-corrected chi connectivity index (χ4v) is 7.33. The van der Waals surface area contributed by atoms with Crippen LogP contribution in [0.25, 0.3) is 20.6 Å². The molecule has 1 aliphatic heterocycles. The predicted molar refractivity (Wildman–Crippen MR) is 173 cm³/mol. The van der Waals surface area contributed by atoms with Gasteiger partial charge in [-0.25, -0.2) is 15.0 Å². The first-order valence-corrected chi connectivity index (χ1v) is 16.5. The van der Waals surface area contributed by atoms with E-state index < -0.39 is 18.4 Å². The zero-order valence-electron chi connectivity index (χ0n) is 24.2. The Balaban J connectivity index is 1.24. The van der Waals surface area contributed by atoms with E-state index in [1.54, 1.807) is 29.4 Å². The van der Waals surface area contributed by atoms with Crippen molar-refractivity contribution in [3.05, 3.63) is 120 Å². The van der Waals surface area contributed by atoms with Crippen LogP contribution < -0.4 is 0 Å². The minimum absolute atomic E-state index is 0.344. The first-order chi connectivity index (χ1) is 21.8. The van der Waals surface area contributed by atoms with Gasteiger partial charge in [-0.05, 0) is 22.9 Å². The Labute approximate surface area is 264 Å². The van der Waals surface area contributed by atoms with Gasteiger partial charge in [0.15, 0.2) is 6.23 Å². The summed E-state index contributed by atoms with van der Waals surface area (Å²) < 4.78 is 29.5. The number of rotatable bonds is 12. The number of ether oxygens (including phenoxy) is 4. The second-order valence-electron chi connectivity index (χ2n) is 10.6. The summed E-state index contributed by atoms with van der Waals surface area (Å²) in [5, 5.41) is 0.935. The maximum absolute atomic E-state index is 6.83. The molecule has 0 amide bonds. The highest BCUT2D eigenvalue weighted by Crippen LogP contribution is 2.41. The number of thioether (sulfide) groups is 1. The third-order valence-corrected chi connectivity index (χ3v) is 9.58. The summed E-state index contributed by atoms with van der Waals surface area (Å²) in [6.07, 6.45) is 3.72. The van der Waals surface area contributed by atoms with Crippen molar-refractivity contribution in [1.82, 2.24) is 19.5 Å². The molecular formula is C34H32N4O4S2. The Bertz CT molecular complexity index is 1800. The number of fused-ring (bicyclic) bond motifs is 3. The van der Waals surface area contributed by atoms with E-state index in [1.165, 1.54) is 0 Å². The number of benzene rings is 3. The van der Waals surface area contributed by atoms with E-state index in [9.17, 15) is 0 Å². The summed E-state index contributed by atoms with van der Waals surface area (Å²) in [5.41, 5.74) is 5.03. The van der Waals surface area contributed by atoms with Crippen molar-refractivity contribution in [1.29, 1.82) is 0 Å². The number of aromatic nitrogens is 4. The molecule has 1 aliphatic rings. The normalized spacial score (nSPS) is 20.1. The van der Waals surface area contributed by atoms with Gasteiger partial charge in [0.1, 0.15) is 45.5 Å². The molecule has 10 heteroatoms. The third-order valence-electron chi connectivity index (χ3n) is 7.67. The highest BCUT2D eigenvalue weighted by Gasteiger charge is 2.48. The van der Waals surface area contributed by atoms with Gasteiger partial charge in [-0.3, -0.25) is 4.57 Å². The smallest absolute Gasteiger partial charge is 0.164 e. The molecule has 0 bridgehead atoms. The zero-order chi connectivity index (χ0) is 29.7. The maximum Gasteiger partial charge on any atom is 0.164 e. The fourth-order valence-electron chi connectivity index (χ4n) is 5.54. The summed E-state index contributed by atoms with van der Waals surface area (Å²) in [6.45, 7) is 1.66. The molecular weight excluding hydrogens is 593 g/mol. The van der Waals surface area contributed by atoms with Gasteiger partial charge >= 0.3 is 0 Å². The Morgan fingerprint density at radius 1 is 0.773 bits per heavy atom. The van der Waals surface area contributed by atoms with Gasteiger partial charge in [-0.15, -0.1) is 23.1 Å². The van der Waals surface area contributed by atoms with Crippen LogP contribution >= 0.6 is 23.1 Å². The molecule has 0 N–H and O–H groups in total. The second-order valence-corrected chi connectivity index (χ2v) is 12.4. The van der Waals surface area contributed by atoms with Crippen molar-refractivity contribution in [2.24, 2.45) is 0 Å². The van der Waals surface area contributed by atoms with Crippen molar-refractivity contribution >= 4 is 43.7 Å². The fraction of sp³-hybridized carbons (Fsp3) is 0.265. The lowest BCUT2D eigenvalue weighted by atomic mass is 10.1. The van der Waals surface area contributed by atoms with Crippen LogP contribution in [-0.2, 0) is 38.8 Å². The summed E-state index contributed by atoms with van der Waals surface area (Å²) in [4.78, 5) is 14.8. The van der Waals surface area contributed by atoms with Crippen LogP contribution in [0.1, 0.15) is 22.9 Å². The highest BCUT2D eigenvalue weighted by molar-refractivity contribution is 7.98. The standard InChI is InChI=1S/C34H32N4O4S2/c1-43-33-31-27(35-21-36-33)28-32(44-31)37-22-38(28)34-30(41-19-25-15-9-4-10-16-25)29(40-18-24-13-7-3-8-14-24)26(42-34)20-39-17-23-11-5-2-6-12-23/h2-16,21-22,26,29-30,34H,17-20H2,1H3/t26-,29-,30-,34-/m1/s1.